The summed E-state index contributed by atoms with van der Waals surface area (Å²) < 4.78 is 0. The van der Waals surface area contributed by atoms with Crippen LogP contribution < -0.4 is 4.90 Å². The van der Waals surface area contributed by atoms with E-state index in [1.54, 1.807) is 12.4 Å². The van der Waals surface area contributed by atoms with Gasteiger partial charge in [-0.2, -0.15) is 0 Å². The summed E-state index contributed by atoms with van der Waals surface area (Å²) in [4.78, 5) is 10.5. The van der Waals surface area contributed by atoms with Gasteiger partial charge < -0.3 is 10.0 Å². The molecule has 1 atom stereocenters. The molecule has 0 saturated carbocycles. The zero-order valence-electron chi connectivity index (χ0n) is 9.64. The highest BCUT2D eigenvalue weighted by molar-refractivity contribution is 5.29. The fourth-order valence-corrected chi connectivity index (χ4v) is 1.42. The third kappa shape index (κ3) is 3.16. The Kier molecular flexibility index (Phi) is 4.49. The van der Waals surface area contributed by atoms with Crippen LogP contribution >= 0.6 is 0 Å². The van der Waals surface area contributed by atoms with Crippen molar-refractivity contribution in [3.05, 3.63) is 18.0 Å². The molecule has 0 fully saturated rings. The number of hydrogen-bond donors (Lipinski definition) is 1. The molecule has 4 heteroatoms. The van der Waals surface area contributed by atoms with Gasteiger partial charge in [0.25, 0.3) is 0 Å². The molecule has 1 N–H and O–H groups in total. The predicted molar refractivity (Wildman–Crippen MR) is 60.7 cm³/mol. The van der Waals surface area contributed by atoms with Crippen molar-refractivity contribution in [3.8, 4) is 0 Å². The van der Waals surface area contributed by atoms with Crippen LogP contribution in [0.4, 0.5) is 5.95 Å². The van der Waals surface area contributed by atoms with Crippen molar-refractivity contribution in [1.29, 1.82) is 0 Å². The van der Waals surface area contributed by atoms with Gasteiger partial charge in [-0.1, -0.05) is 13.3 Å². The maximum atomic E-state index is 8.87. The number of anilines is 1. The Bertz CT molecular complexity index is 286. The van der Waals surface area contributed by atoms with Gasteiger partial charge in [0.2, 0.25) is 5.95 Å². The number of aliphatic hydroxyl groups excluding tert-OH is 1. The normalized spacial score (nSPS) is 12.5. The molecule has 1 unspecified atom stereocenters. The second-order valence-electron chi connectivity index (χ2n) is 3.80. The zero-order chi connectivity index (χ0) is 11.3. The van der Waals surface area contributed by atoms with Crippen molar-refractivity contribution in [1.82, 2.24) is 9.97 Å². The van der Waals surface area contributed by atoms with Gasteiger partial charge in [-0.3, -0.25) is 0 Å². The van der Waals surface area contributed by atoms with E-state index in [1.807, 2.05) is 7.05 Å². The van der Waals surface area contributed by atoms with E-state index in [2.05, 4.69) is 28.7 Å². The van der Waals surface area contributed by atoms with E-state index in [9.17, 15) is 0 Å². The molecule has 0 bridgehead atoms. The third-order valence-electron chi connectivity index (χ3n) is 2.56. The minimum Gasteiger partial charge on any atom is -0.392 e. The van der Waals surface area contributed by atoms with Gasteiger partial charge in [-0.25, -0.2) is 9.97 Å². The van der Waals surface area contributed by atoms with Gasteiger partial charge >= 0.3 is 0 Å². The summed E-state index contributed by atoms with van der Waals surface area (Å²) in [6.07, 6.45) is 5.61. The Morgan fingerprint density at radius 2 is 2.00 bits per heavy atom. The largest absolute Gasteiger partial charge is 0.392 e. The smallest absolute Gasteiger partial charge is 0.225 e. The number of nitrogens with zero attached hydrogens (tertiary/aromatic N) is 3. The number of hydrogen-bond acceptors (Lipinski definition) is 4. The predicted octanol–water partition coefficient (Wildman–Crippen LogP) is 1.59. The maximum absolute atomic E-state index is 8.87. The molecule has 0 spiro atoms. The summed E-state index contributed by atoms with van der Waals surface area (Å²) in [7, 11) is 1.99. The van der Waals surface area contributed by atoms with E-state index in [0.29, 0.717) is 12.0 Å². The molecule has 15 heavy (non-hydrogen) atoms. The minimum absolute atomic E-state index is 0.00545. The Hall–Kier alpha value is -1.16. The third-order valence-corrected chi connectivity index (χ3v) is 2.56. The van der Waals surface area contributed by atoms with Gasteiger partial charge in [0.15, 0.2) is 0 Å². The first-order chi connectivity index (χ1) is 7.19. The zero-order valence-corrected chi connectivity index (χ0v) is 9.64. The molecule has 0 amide bonds. The first kappa shape index (κ1) is 11.9. The molecule has 0 aliphatic carbocycles. The van der Waals surface area contributed by atoms with Gasteiger partial charge in [-0.05, 0) is 13.3 Å². The molecule has 0 aliphatic rings. The Morgan fingerprint density at radius 1 is 1.40 bits per heavy atom. The summed E-state index contributed by atoms with van der Waals surface area (Å²) >= 11 is 0. The monoisotopic (exact) mass is 209 g/mol. The highest BCUT2D eigenvalue weighted by Gasteiger charge is 2.10. The fourth-order valence-electron chi connectivity index (χ4n) is 1.42. The van der Waals surface area contributed by atoms with Crippen molar-refractivity contribution < 1.29 is 5.11 Å². The van der Waals surface area contributed by atoms with Crippen LogP contribution in [0.2, 0.25) is 0 Å². The summed E-state index contributed by atoms with van der Waals surface area (Å²) in [6.45, 7) is 4.32. The second kappa shape index (κ2) is 5.66. The standard InChI is InChI=1S/C11H19N3O/c1-4-5-9(2)14(3)11-12-6-10(8-15)7-13-11/h6-7,9,15H,4-5,8H2,1-3H3. The highest BCUT2D eigenvalue weighted by Crippen LogP contribution is 2.11. The number of aliphatic hydroxyl groups is 1. The van der Waals surface area contributed by atoms with Crippen molar-refractivity contribution in [2.75, 3.05) is 11.9 Å². The van der Waals surface area contributed by atoms with Crippen molar-refractivity contribution >= 4 is 5.95 Å². The van der Waals surface area contributed by atoms with E-state index < -0.39 is 0 Å². The number of aromatic nitrogens is 2. The van der Waals surface area contributed by atoms with Crippen LogP contribution in [-0.4, -0.2) is 28.2 Å². The second-order valence-corrected chi connectivity index (χ2v) is 3.80. The van der Waals surface area contributed by atoms with Gasteiger partial charge in [0, 0.05) is 31.0 Å². The molecular formula is C11H19N3O. The lowest BCUT2D eigenvalue weighted by Crippen LogP contribution is -2.30. The lowest BCUT2D eigenvalue weighted by Gasteiger charge is -2.24. The molecule has 0 aromatic carbocycles. The molecule has 1 aromatic rings. The van der Waals surface area contributed by atoms with Crippen molar-refractivity contribution in [3.63, 3.8) is 0 Å². The average molecular weight is 209 g/mol. The summed E-state index contributed by atoms with van der Waals surface area (Å²) in [5.41, 5.74) is 0.746. The van der Waals surface area contributed by atoms with E-state index in [4.69, 9.17) is 5.11 Å². The molecular weight excluding hydrogens is 190 g/mol. The van der Waals surface area contributed by atoms with Crippen LogP contribution in [0, 0.1) is 0 Å². The molecule has 1 rings (SSSR count). The van der Waals surface area contributed by atoms with Crippen LogP contribution in [0.5, 0.6) is 0 Å². The lowest BCUT2D eigenvalue weighted by atomic mass is 10.2. The van der Waals surface area contributed by atoms with Gasteiger partial charge in [0.05, 0.1) is 6.61 Å². The van der Waals surface area contributed by atoms with Crippen molar-refractivity contribution in [2.45, 2.75) is 39.3 Å². The number of rotatable bonds is 5. The van der Waals surface area contributed by atoms with Crippen LogP contribution in [0.1, 0.15) is 32.3 Å². The molecule has 0 aliphatic heterocycles. The van der Waals surface area contributed by atoms with Crippen LogP contribution in [0.25, 0.3) is 0 Å². The topological polar surface area (TPSA) is 49.2 Å². The van der Waals surface area contributed by atoms with Crippen LogP contribution in [-0.2, 0) is 6.61 Å². The van der Waals surface area contributed by atoms with E-state index in [0.717, 1.165) is 18.4 Å². The molecule has 1 aromatic heterocycles. The first-order valence-electron chi connectivity index (χ1n) is 5.33. The molecule has 0 saturated heterocycles. The first-order valence-corrected chi connectivity index (χ1v) is 5.33. The van der Waals surface area contributed by atoms with Crippen LogP contribution in [0.15, 0.2) is 12.4 Å². The molecule has 4 nitrogen and oxygen atoms in total. The Labute approximate surface area is 91.0 Å². The van der Waals surface area contributed by atoms with Crippen molar-refractivity contribution in [2.24, 2.45) is 0 Å². The van der Waals surface area contributed by atoms with E-state index in [1.165, 1.54) is 0 Å². The van der Waals surface area contributed by atoms with E-state index in [-0.39, 0.29) is 6.61 Å². The summed E-state index contributed by atoms with van der Waals surface area (Å²) in [5, 5.41) is 8.87. The fraction of sp³-hybridized carbons (Fsp3) is 0.636. The van der Waals surface area contributed by atoms with Crippen LogP contribution in [0.3, 0.4) is 0 Å². The summed E-state index contributed by atoms with van der Waals surface area (Å²) in [6, 6.07) is 0.440. The van der Waals surface area contributed by atoms with E-state index >= 15 is 0 Å². The Morgan fingerprint density at radius 3 is 2.47 bits per heavy atom. The minimum atomic E-state index is -0.00545. The lowest BCUT2D eigenvalue weighted by molar-refractivity contribution is 0.281. The summed E-state index contributed by atoms with van der Waals surface area (Å²) in [5.74, 6) is 0.716. The molecule has 84 valence electrons. The van der Waals surface area contributed by atoms with Gasteiger partial charge in [0.1, 0.15) is 0 Å². The SMILES string of the molecule is CCCC(C)N(C)c1ncc(CO)cn1. The Balaban J connectivity index is 2.69. The van der Waals surface area contributed by atoms with Gasteiger partial charge in [-0.15, -0.1) is 0 Å². The molecule has 1 heterocycles. The maximum Gasteiger partial charge on any atom is 0.225 e. The molecule has 0 radical (unpaired) electrons. The average Bonchev–Trinajstić information content (AvgIpc) is 2.28. The quantitative estimate of drug-likeness (QED) is 0.800. The highest BCUT2D eigenvalue weighted by atomic mass is 16.3.